The molecule has 4 aromatic rings. The highest BCUT2D eigenvalue weighted by molar-refractivity contribution is 5.78. The molecule has 1 amide bonds. The van der Waals surface area contributed by atoms with E-state index in [4.69, 9.17) is 4.74 Å². The first kappa shape index (κ1) is 25.6. The van der Waals surface area contributed by atoms with Crippen LogP contribution in [0, 0.1) is 5.92 Å². The van der Waals surface area contributed by atoms with Gasteiger partial charge in [0, 0.05) is 43.2 Å². The van der Waals surface area contributed by atoms with Crippen molar-refractivity contribution in [1.82, 2.24) is 29.6 Å². The lowest BCUT2D eigenvalue weighted by Crippen LogP contribution is -2.44. The fraction of sp³-hybridized carbons (Fsp3) is 0.310. The molecule has 0 unspecified atom stereocenters. The van der Waals surface area contributed by atoms with Crippen LogP contribution in [0.4, 0.5) is 10.7 Å². The van der Waals surface area contributed by atoms with Crippen molar-refractivity contribution in [3.8, 4) is 22.5 Å². The predicted octanol–water partition coefficient (Wildman–Crippen LogP) is 3.74. The Hall–Kier alpha value is -4.64. The third-order valence-corrected chi connectivity index (χ3v) is 7.48. The van der Waals surface area contributed by atoms with Crippen molar-refractivity contribution in [3.63, 3.8) is 0 Å². The van der Waals surface area contributed by atoms with Crippen molar-refractivity contribution < 1.29 is 19.4 Å². The van der Waals surface area contributed by atoms with Crippen LogP contribution in [0.3, 0.4) is 0 Å². The first-order valence-electron chi connectivity index (χ1n) is 13.3. The van der Waals surface area contributed by atoms with Crippen LogP contribution in [0.1, 0.15) is 24.4 Å². The highest BCUT2D eigenvalue weighted by Crippen LogP contribution is 2.35. The maximum absolute atomic E-state index is 13.5. The summed E-state index contributed by atoms with van der Waals surface area (Å²) in [4.78, 5) is 42.4. The number of carbonyl (C=O) groups excluding carboxylic acids is 1. The molecule has 2 saturated heterocycles. The molecule has 2 aromatic carbocycles. The molecule has 1 N–H and O–H groups in total. The third-order valence-electron chi connectivity index (χ3n) is 7.48. The second-order valence-electron chi connectivity index (χ2n) is 9.92. The Morgan fingerprint density at radius 2 is 1.55 bits per heavy atom. The maximum Gasteiger partial charge on any atom is 0.346 e. The van der Waals surface area contributed by atoms with E-state index in [1.165, 1.54) is 11.0 Å². The largest absolute Gasteiger partial charge is 0.481 e. The number of ether oxygens (including phenoxy) is 1. The summed E-state index contributed by atoms with van der Waals surface area (Å²) in [6.07, 6.45) is 5.79. The minimum absolute atomic E-state index is 0.325. The standard InChI is InChI=1S/C29H29N7O4/c37-27(38)23-10-11-35(25(16-23)21-4-2-1-3-5-21)29(39)36-19-32-26(33-36)22-8-6-20(7-9-22)24-17-30-28(31-18-24)34-12-14-40-15-13-34/h1-9,17-19,23,25H,10-16H2,(H,37,38)/t23-,25-/m1/s1. The normalized spacial score (nSPS) is 19.4. The Morgan fingerprint density at radius 1 is 0.850 bits per heavy atom. The van der Waals surface area contributed by atoms with Gasteiger partial charge in [-0.1, -0.05) is 54.6 Å². The molecular weight excluding hydrogens is 510 g/mol. The molecule has 2 atom stereocenters. The fourth-order valence-corrected chi connectivity index (χ4v) is 5.24. The number of amides is 1. The number of likely N-dealkylation sites (tertiary alicyclic amines) is 1. The lowest BCUT2D eigenvalue weighted by atomic mass is 9.87. The average Bonchev–Trinajstić information content (AvgIpc) is 3.52. The summed E-state index contributed by atoms with van der Waals surface area (Å²) in [5.41, 5.74) is 3.53. The van der Waals surface area contributed by atoms with Gasteiger partial charge >= 0.3 is 12.0 Å². The van der Waals surface area contributed by atoms with E-state index in [1.807, 2.05) is 67.0 Å². The molecule has 40 heavy (non-hydrogen) atoms. The number of carboxylic acids is 1. The molecule has 2 aliphatic heterocycles. The molecule has 0 saturated carbocycles. The monoisotopic (exact) mass is 539 g/mol. The lowest BCUT2D eigenvalue weighted by molar-refractivity contribution is -0.143. The van der Waals surface area contributed by atoms with E-state index in [-0.39, 0.29) is 12.1 Å². The second kappa shape index (κ2) is 11.2. The number of rotatable bonds is 5. The number of carbonyl (C=O) groups is 2. The molecule has 2 fully saturated rings. The number of anilines is 1. The van der Waals surface area contributed by atoms with Crippen molar-refractivity contribution in [2.24, 2.45) is 5.92 Å². The Kier molecular flexibility index (Phi) is 7.19. The second-order valence-corrected chi connectivity index (χ2v) is 9.92. The number of piperidine rings is 1. The Bertz CT molecular complexity index is 1470. The van der Waals surface area contributed by atoms with Gasteiger partial charge in [-0.3, -0.25) is 4.79 Å². The number of nitrogens with zero attached hydrogens (tertiary/aromatic N) is 7. The first-order valence-corrected chi connectivity index (χ1v) is 13.3. The topological polar surface area (TPSA) is 127 Å². The van der Waals surface area contributed by atoms with Crippen LogP contribution in [-0.2, 0) is 9.53 Å². The number of hydrogen-bond acceptors (Lipinski definition) is 8. The predicted molar refractivity (Wildman–Crippen MR) is 147 cm³/mol. The molecule has 11 nitrogen and oxygen atoms in total. The van der Waals surface area contributed by atoms with E-state index in [1.54, 1.807) is 4.90 Å². The quantitative estimate of drug-likeness (QED) is 0.403. The van der Waals surface area contributed by atoms with Crippen LogP contribution in [0.5, 0.6) is 0 Å². The van der Waals surface area contributed by atoms with Gasteiger partial charge in [0.05, 0.1) is 25.2 Å². The zero-order valence-electron chi connectivity index (χ0n) is 21.8. The molecule has 0 radical (unpaired) electrons. The lowest BCUT2D eigenvalue weighted by Gasteiger charge is -2.38. The Balaban J connectivity index is 1.17. The summed E-state index contributed by atoms with van der Waals surface area (Å²) in [6, 6.07) is 16.6. The molecule has 2 aliphatic rings. The SMILES string of the molecule is O=C(O)[C@@H]1CCN(C(=O)n2cnc(-c3ccc(-c4cnc(N5CCOCC5)nc4)cc3)n2)[C@@H](c2ccccc2)C1. The number of aliphatic carboxylic acids is 1. The molecule has 2 aromatic heterocycles. The van der Waals surface area contributed by atoms with Crippen molar-refractivity contribution >= 4 is 17.9 Å². The van der Waals surface area contributed by atoms with Crippen LogP contribution < -0.4 is 4.90 Å². The van der Waals surface area contributed by atoms with Crippen molar-refractivity contribution in [2.45, 2.75) is 18.9 Å². The molecule has 11 heteroatoms. The molecule has 0 bridgehead atoms. The van der Waals surface area contributed by atoms with Gasteiger partial charge < -0.3 is 19.6 Å². The van der Waals surface area contributed by atoms with Crippen LogP contribution >= 0.6 is 0 Å². The van der Waals surface area contributed by atoms with Crippen LogP contribution in [0.15, 0.2) is 73.3 Å². The molecule has 0 aliphatic carbocycles. The van der Waals surface area contributed by atoms with Crippen LogP contribution in [-0.4, -0.2) is 79.6 Å². The van der Waals surface area contributed by atoms with Crippen LogP contribution in [0.2, 0.25) is 0 Å². The van der Waals surface area contributed by atoms with E-state index >= 15 is 0 Å². The smallest absolute Gasteiger partial charge is 0.346 e. The number of aromatic nitrogens is 5. The molecular formula is C29H29N7O4. The molecule has 0 spiro atoms. The average molecular weight is 540 g/mol. The first-order chi connectivity index (χ1) is 19.6. The summed E-state index contributed by atoms with van der Waals surface area (Å²) in [5.74, 6) is -0.209. The van der Waals surface area contributed by atoms with E-state index < -0.39 is 11.9 Å². The van der Waals surface area contributed by atoms with Gasteiger partial charge in [-0.05, 0) is 24.0 Å². The van der Waals surface area contributed by atoms with Crippen molar-refractivity contribution in [2.75, 3.05) is 37.7 Å². The fourth-order valence-electron chi connectivity index (χ4n) is 5.24. The summed E-state index contributed by atoms with van der Waals surface area (Å²) >= 11 is 0. The van der Waals surface area contributed by atoms with Gasteiger partial charge in [0.25, 0.3) is 0 Å². The van der Waals surface area contributed by atoms with Crippen molar-refractivity contribution in [1.29, 1.82) is 0 Å². The van der Waals surface area contributed by atoms with Crippen LogP contribution in [0.25, 0.3) is 22.5 Å². The van der Waals surface area contributed by atoms with Gasteiger partial charge in [0.1, 0.15) is 6.33 Å². The van der Waals surface area contributed by atoms with E-state index in [2.05, 4.69) is 25.0 Å². The number of benzene rings is 2. The highest BCUT2D eigenvalue weighted by Gasteiger charge is 2.36. The van der Waals surface area contributed by atoms with Crippen molar-refractivity contribution in [3.05, 3.63) is 78.9 Å². The zero-order valence-corrected chi connectivity index (χ0v) is 21.8. The minimum atomic E-state index is -0.834. The summed E-state index contributed by atoms with van der Waals surface area (Å²) in [7, 11) is 0. The van der Waals surface area contributed by atoms with Gasteiger partial charge in [-0.25, -0.2) is 19.7 Å². The van der Waals surface area contributed by atoms with Gasteiger partial charge in [0.2, 0.25) is 5.95 Å². The minimum Gasteiger partial charge on any atom is -0.481 e. The Labute approximate surface area is 231 Å². The van der Waals surface area contributed by atoms with Gasteiger partial charge in [0.15, 0.2) is 5.82 Å². The summed E-state index contributed by atoms with van der Waals surface area (Å²) < 4.78 is 6.63. The number of carboxylic acid groups (broad SMARTS) is 1. The van der Waals surface area contributed by atoms with E-state index in [0.717, 1.165) is 35.3 Å². The zero-order chi connectivity index (χ0) is 27.5. The van der Waals surface area contributed by atoms with E-state index in [9.17, 15) is 14.7 Å². The maximum atomic E-state index is 13.5. The number of morpholine rings is 1. The third kappa shape index (κ3) is 5.28. The Morgan fingerprint density at radius 3 is 2.25 bits per heavy atom. The van der Waals surface area contributed by atoms with Gasteiger partial charge in [-0.2, -0.15) is 4.68 Å². The molecule has 204 valence electrons. The van der Waals surface area contributed by atoms with Gasteiger partial charge in [-0.15, -0.1) is 5.10 Å². The molecule has 4 heterocycles. The number of hydrogen-bond donors (Lipinski definition) is 1. The van der Waals surface area contributed by atoms with E-state index in [0.29, 0.717) is 44.4 Å². The summed E-state index contributed by atoms with van der Waals surface area (Å²) in [5, 5.41) is 14.0. The molecule has 6 rings (SSSR count). The highest BCUT2D eigenvalue weighted by atomic mass is 16.5. The summed E-state index contributed by atoms with van der Waals surface area (Å²) in [6.45, 7) is 3.25.